The summed E-state index contributed by atoms with van der Waals surface area (Å²) < 4.78 is 5.41. The van der Waals surface area contributed by atoms with Gasteiger partial charge in [-0.2, -0.15) is 0 Å². The normalized spacial score (nSPS) is 11.8. The van der Waals surface area contributed by atoms with Gasteiger partial charge in [0.15, 0.2) is 0 Å². The van der Waals surface area contributed by atoms with Gasteiger partial charge < -0.3 is 9.84 Å². The summed E-state index contributed by atoms with van der Waals surface area (Å²) in [7, 11) is 0. The number of rotatable bonds is 5. The molecular formula is C13H12N2O3. The lowest BCUT2D eigenvalue weighted by atomic mass is 10.0. The lowest BCUT2D eigenvalue weighted by Gasteiger charge is -2.13. The molecule has 0 saturated heterocycles. The highest BCUT2D eigenvalue weighted by Gasteiger charge is 2.20. The van der Waals surface area contributed by atoms with Gasteiger partial charge in [-0.3, -0.25) is 14.8 Å². The molecule has 0 bridgehead atoms. The van der Waals surface area contributed by atoms with Crippen molar-refractivity contribution < 1.29 is 14.6 Å². The Balaban J connectivity index is 2.06. The number of hydrogen-bond acceptors (Lipinski definition) is 4. The Labute approximate surface area is 104 Å². The van der Waals surface area contributed by atoms with Gasteiger partial charge >= 0.3 is 5.97 Å². The second-order valence-electron chi connectivity index (χ2n) is 3.68. The van der Waals surface area contributed by atoms with Crippen LogP contribution in [-0.2, 0) is 4.79 Å². The topological polar surface area (TPSA) is 72.3 Å². The molecule has 0 aliphatic carbocycles. The zero-order valence-electron chi connectivity index (χ0n) is 9.56. The van der Waals surface area contributed by atoms with Crippen LogP contribution in [0.5, 0.6) is 5.75 Å². The lowest BCUT2D eigenvalue weighted by molar-refractivity contribution is -0.139. The van der Waals surface area contributed by atoms with E-state index in [4.69, 9.17) is 4.74 Å². The van der Waals surface area contributed by atoms with Crippen molar-refractivity contribution in [3.63, 3.8) is 0 Å². The molecule has 2 heterocycles. The molecule has 5 heteroatoms. The van der Waals surface area contributed by atoms with Crippen LogP contribution in [0.3, 0.4) is 0 Å². The van der Waals surface area contributed by atoms with Gasteiger partial charge in [0.25, 0.3) is 0 Å². The molecule has 0 amide bonds. The molecule has 0 aliphatic rings. The number of ether oxygens (including phenoxy) is 1. The van der Waals surface area contributed by atoms with Crippen molar-refractivity contribution in [2.24, 2.45) is 0 Å². The first-order valence-electron chi connectivity index (χ1n) is 5.43. The standard InChI is InChI=1S/C13H12N2O3/c16-13(17)12(10-3-1-5-14-7-10)9-18-11-4-2-6-15-8-11/h1-8,12H,9H2,(H,16,17). The van der Waals surface area contributed by atoms with Crippen molar-refractivity contribution in [2.45, 2.75) is 5.92 Å². The van der Waals surface area contributed by atoms with Crippen LogP contribution < -0.4 is 4.74 Å². The molecule has 0 spiro atoms. The molecule has 1 atom stereocenters. The Morgan fingerprint density at radius 2 is 1.94 bits per heavy atom. The average molecular weight is 244 g/mol. The summed E-state index contributed by atoms with van der Waals surface area (Å²) in [5, 5.41) is 9.18. The second kappa shape index (κ2) is 5.77. The van der Waals surface area contributed by atoms with Gasteiger partial charge in [-0.25, -0.2) is 0 Å². The van der Waals surface area contributed by atoms with E-state index in [-0.39, 0.29) is 6.61 Å². The summed E-state index contributed by atoms with van der Waals surface area (Å²) in [6.45, 7) is 0.0483. The Morgan fingerprint density at radius 1 is 1.22 bits per heavy atom. The van der Waals surface area contributed by atoms with E-state index >= 15 is 0 Å². The number of nitrogens with zero attached hydrogens (tertiary/aromatic N) is 2. The minimum Gasteiger partial charge on any atom is -0.491 e. The monoisotopic (exact) mass is 244 g/mol. The predicted octanol–water partition coefficient (Wildman–Crippen LogP) is 1.72. The Kier molecular flexibility index (Phi) is 3.86. The molecule has 0 aliphatic heterocycles. The largest absolute Gasteiger partial charge is 0.491 e. The average Bonchev–Trinajstić information content (AvgIpc) is 2.41. The Bertz CT molecular complexity index is 502. The van der Waals surface area contributed by atoms with E-state index in [1.165, 1.54) is 6.20 Å². The molecule has 92 valence electrons. The van der Waals surface area contributed by atoms with Crippen molar-refractivity contribution >= 4 is 5.97 Å². The Morgan fingerprint density at radius 3 is 2.50 bits per heavy atom. The van der Waals surface area contributed by atoms with Crippen molar-refractivity contribution in [2.75, 3.05) is 6.61 Å². The van der Waals surface area contributed by atoms with Crippen LogP contribution in [0, 0.1) is 0 Å². The number of carboxylic acids is 1. The fourth-order valence-electron chi connectivity index (χ4n) is 1.50. The molecule has 1 N–H and O–H groups in total. The maximum absolute atomic E-state index is 11.2. The van der Waals surface area contributed by atoms with Gasteiger partial charge in [0.1, 0.15) is 18.3 Å². The fraction of sp³-hybridized carbons (Fsp3) is 0.154. The van der Waals surface area contributed by atoms with Gasteiger partial charge in [0.05, 0.1) is 6.20 Å². The number of aliphatic carboxylic acids is 1. The molecule has 0 radical (unpaired) electrons. The number of hydrogen-bond donors (Lipinski definition) is 1. The van der Waals surface area contributed by atoms with Crippen LogP contribution in [0.1, 0.15) is 11.5 Å². The van der Waals surface area contributed by atoms with E-state index in [1.807, 2.05) is 0 Å². The van der Waals surface area contributed by atoms with Gasteiger partial charge in [-0.1, -0.05) is 6.07 Å². The molecule has 2 rings (SSSR count). The molecule has 0 aromatic carbocycles. The van der Waals surface area contributed by atoms with Crippen molar-refractivity contribution in [3.05, 3.63) is 54.6 Å². The number of carboxylic acid groups (broad SMARTS) is 1. The third kappa shape index (κ3) is 3.04. The maximum Gasteiger partial charge on any atom is 0.314 e. The SMILES string of the molecule is O=C(O)C(COc1cccnc1)c1cccnc1. The van der Waals surface area contributed by atoms with E-state index < -0.39 is 11.9 Å². The van der Waals surface area contributed by atoms with E-state index in [9.17, 15) is 9.90 Å². The van der Waals surface area contributed by atoms with E-state index in [1.54, 1.807) is 42.9 Å². The van der Waals surface area contributed by atoms with Crippen molar-refractivity contribution in [3.8, 4) is 5.75 Å². The Hall–Kier alpha value is -2.43. The van der Waals surface area contributed by atoms with Gasteiger partial charge in [0.2, 0.25) is 0 Å². The molecule has 2 aromatic heterocycles. The van der Waals surface area contributed by atoms with E-state index in [0.29, 0.717) is 11.3 Å². The zero-order chi connectivity index (χ0) is 12.8. The maximum atomic E-state index is 11.2. The summed E-state index contributed by atoms with van der Waals surface area (Å²) >= 11 is 0. The summed E-state index contributed by atoms with van der Waals surface area (Å²) in [5.74, 6) is -1.13. The second-order valence-corrected chi connectivity index (χ2v) is 3.68. The van der Waals surface area contributed by atoms with Crippen molar-refractivity contribution in [1.29, 1.82) is 0 Å². The van der Waals surface area contributed by atoms with Crippen LogP contribution in [0.15, 0.2) is 49.1 Å². The quantitative estimate of drug-likeness (QED) is 0.867. The van der Waals surface area contributed by atoms with Gasteiger partial charge in [0, 0.05) is 18.6 Å². The first-order chi connectivity index (χ1) is 8.77. The van der Waals surface area contributed by atoms with Gasteiger partial charge in [-0.15, -0.1) is 0 Å². The van der Waals surface area contributed by atoms with Crippen LogP contribution in [0.4, 0.5) is 0 Å². The van der Waals surface area contributed by atoms with Crippen LogP contribution in [0.25, 0.3) is 0 Å². The number of pyridine rings is 2. The smallest absolute Gasteiger partial charge is 0.314 e. The molecule has 0 fully saturated rings. The molecule has 5 nitrogen and oxygen atoms in total. The highest BCUT2D eigenvalue weighted by Crippen LogP contribution is 2.17. The summed E-state index contributed by atoms with van der Waals surface area (Å²) in [6.07, 6.45) is 6.31. The summed E-state index contributed by atoms with van der Waals surface area (Å²) in [5.41, 5.74) is 0.619. The first kappa shape index (κ1) is 12.0. The van der Waals surface area contributed by atoms with Crippen LogP contribution in [-0.4, -0.2) is 27.7 Å². The summed E-state index contributed by atoms with van der Waals surface area (Å²) in [6, 6.07) is 6.89. The predicted molar refractivity (Wildman–Crippen MR) is 64.3 cm³/mol. The number of carbonyl (C=O) groups is 1. The van der Waals surface area contributed by atoms with Gasteiger partial charge in [-0.05, 0) is 23.8 Å². The van der Waals surface area contributed by atoms with Crippen LogP contribution in [0.2, 0.25) is 0 Å². The van der Waals surface area contributed by atoms with E-state index in [0.717, 1.165) is 0 Å². The third-order valence-electron chi connectivity index (χ3n) is 2.44. The lowest BCUT2D eigenvalue weighted by Crippen LogP contribution is -2.19. The van der Waals surface area contributed by atoms with Crippen LogP contribution >= 0.6 is 0 Å². The fourth-order valence-corrected chi connectivity index (χ4v) is 1.50. The minimum absolute atomic E-state index is 0.0483. The third-order valence-corrected chi connectivity index (χ3v) is 2.44. The summed E-state index contributed by atoms with van der Waals surface area (Å²) in [4.78, 5) is 19.0. The minimum atomic E-state index is -0.938. The zero-order valence-corrected chi connectivity index (χ0v) is 9.56. The first-order valence-corrected chi connectivity index (χ1v) is 5.43. The molecule has 0 saturated carbocycles. The van der Waals surface area contributed by atoms with Crippen molar-refractivity contribution in [1.82, 2.24) is 9.97 Å². The van der Waals surface area contributed by atoms with E-state index in [2.05, 4.69) is 9.97 Å². The molecule has 2 aromatic rings. The highest BCUT2D eigenvalue weighted by atomic mass is 16.5. The molecular weight excluding hydrogens is 232 g/mol. The number of aromatic nitrogens is 2. The highest BCUT2D eigenvalue weighted by molar-refractivity contribution is 5.76. The molecule has 18 heavy (non-hydrogen) atoms. The molecule has 1 unspecified atom stereocenters.